The molecule has 0 saturated carbocycles. The molecule has 0 fully saturated rings. The van der Waals surface area contributed by atoms with Crippen molar-refractivity contribution in [3.8, 4) is 0 Å². The lowest BCUT2D eigenvalue weighted by atomic mass is 10.1. The van der Waals surface area contributed by atoms with E-state index in [0.29, 0.717) is 0 Å². The quantitative estimate of drug-likeness (QED) is 0.708. The second kappa shape index (κ2) is 5.29. The van der Waals surface area contributed by atoms with Gasteiger partial charge in [-0.05, 0) is 54.3 Å². The highest BCUT2D eigenvalue weighted by molar-refractivity contribution is 9.10. The molecule has 110 valence electrons. The number of fused-ring (bicyclic) bond motifs is 2. The Morgan fingerprint density at radius 3 is 2.91 bits per heavy atom. The fourth-order valence-electron chi connectivity index (χ4n) is 3.20. The second-order valence-corrected chi connectivity index (χ2v) is 6.67. The van der Waals surface area contributed by atoms with Crippen LogP contribution in [-0.4, -0.2) is 10.9 Å². The summed E-state index contributed by atoms with van der Waals surface area (Å²) in [7, 11) is 0. The fourth-order valence-corrected chi connectivity index (χ4v) is 3.61. The SMILES string of the molecule is O=C(Nc1cccc2[nH]ccc12)C1Cc2ccc(Br)cc2C1. The Bertz CT molecular complexity index is 868. The van der Waals surface area contributed by atoms with Crippen LogP contribution in [0.4, 0.5) is 5.69 Å². The molecule has 1 aromatic heterocycles. The smallest absolute Gasteiger partial charge is 0.228 e. The van der Waals surface area contributed by atoms with Crippen molar-refractivity contribution in [2.45, 2.75) is 12.8 Å². The summed E-state index contributed by atoms with van der Waals surface area (Å²) in [6.07, 6.45) is 3.52. The molecular formula is C18H15BrN2O. The van der Waals surface area contributed by atoms with E-state index < -0.39 is 0 Å². The van der Waals surface area contributed by atoms with Crippen molar-refractivity contribution < 1.29 is 4.79 Å². The normalized spacial score (nSPS) is 16.7. The molecule has 0 aliphatic heterocycles. The van der Waals surface area contributed by atoms with E-state index in [1.807, 2.05) is 36.5 Å². The molecule has 4 rings (SSSR count). The predicted octanol–water partition coefficient (Wildman–Crippen LogP) is 4.28. The molecule has 0 radical (unpaired) electrons. The Morgan fingerprint density at radius 1 is 1.14 bits per heavy atom. The van der Waals surface area contributed by atoms with Crippen LogP contribution >= 0.6 is 15.9 Å². The van der Waals surface area contributed by atoms with Gasteiger partial charge in [0.2, 0.25) is 5.91 Å². The molecule has 1 atom stereocenters. The lowest BCUT2D eigenvalue weighted by Gasteiger charge is -2.11. The zero-order valence-electron chi connectivity index (χ0n) is 11.9. The van der Waals surface area contributed by atoms with Crippen molar-refractivity contribution in [1.82, 2.24) is 4.98 Å². The van der Waals surface area contributed by atoms with Gasteiger partial charge in [0, 0.05) is 27.5 Å². The number of nitrogens with one attached hydrogen (secondary N) is 2. The fraction of sp³-hybridized carbons (Fsp3) is 0.167. The minimum atomic E-state index is 0.0125. The summed E-state index contributed by atoms with van der Waals surface area (Å²) in [6, 6.07) is 14.2. The third kappa shape index (κ3) is 2.33. The summed E-state index contributed by atoms with van der Waals surface area (Å²) in [5, 5.41) is 4.14. The van der Waals surface area contributed by atoms with Gasteiger partial charge < -0.3 is 10.3 Å². The first-order chi connectivity index (χ1) is 10.7. The summed E-state index contributed by atoms with van der Waals surface area (Å²) in [5.41, 5.74) is 4.47. The topological polar surface area (TPSA) is 44.9 Å². The molecule has 2 aromatic carbocycles. The van der Waals surface area contributed by atoms with E-state index in [2.05, 4.69) is 38.4 Å². The van der Waals surface area contributed by atoms with Crippen LogP contribution in [0.5, 0.6) is 0 Å². The number of amides is 1. The van der Waals surface area contributed by atoms with Crippen molar-refractivity contribution in [1.29, 1.82) is 0 Å². The van der Waals surface area contributed by atoms with Crippen LogP contribution < -0.4 is 5.32 Å². The van der Waals surface area contributed by atoms with E-state index in [0.717, 1.165) is 33.9 Å². The number of hydrogen-bond acceptors (Lipinski definition) is 1. The average molecular weight is 355 g/mol. The molecule has 4 heteroatoms. The second-order valence-electron chi connectivity index (χ2n) is 5.75. The van der Waals surface area contributed by atoms with Crippen LogP contribution in [0.1, 0.15) is 11.1 Å². The molecule has 0 saturated heterocycles. The third-order valence-corrected chi connectivity index (χ3v) is 4.82. The molecule has 1 aliphatic rings. The maximum atomic E-state index is 12.6. The Labute approximate surface area is 136 Å². The average Bonchev–Trinajstić information content (AvgIpc) is 3.13. The van der Waals surface area contributed by atoms with E-state index in [9.17, 15) is 4.79 Å². The monoisotopic (exact) mass is 354 g/mol. The Hall–Kier alpha value is -2.07. The maximum absolute atomic E-state index is 12.6. The largest absolute Gasteiger partial charge is 0.361 e. The van der Waals surface area contributed by atoms with Gasteiger partial charge in [0.1, 0.15) is 0 Å². The van der Waals surface area contributed by atoms with Crippen molar-refractivity contribution >= 4 is 38.4 Å². The number of aromatic amines is 1. The van der Waals surface area contributed by atoms with Gasteiger partial charge in [0.15, 0.2) is 0 Å². The first-order valence-electron chi connectivity index (χ1n) is 7.35. The Morgan fingerprint density at radius 2 is 2.00 bits per heavy atom. The van der Waals surface area contributed by atoms with Crippen molar-refractivity contribution in [3.63, 3.8) is 0 Å². The summed E-state index contributed by atoms with van der Waals surface area (Å²) in [4.78, 5) is 15.8. The molecular weight excluding hydrogens is 340 g/mol. The van der Waals surface area contributed by atoms with E-state index in [4.69, 9.17) is 0 Å². The number of aromatic nitrogens is 1. The van der Waals surface area contributed by atoms with Gasteiger partial charge >= 0.3 is 0 Å². The van der Waals surface area contributed by atoms with Crippen LogP contribution in [0.3, 0.4) is 0 Å². The summed E-state index contributed by atoms with van der Waals surface area (Å²) in [5.74, 6) is 0.111. The molecule has 0 bridgehead atoms. The van der Waals surface area contributed by atoms with Crippen molar-refractivity contribution in [3.05, 3.63) is 64.3 Å². The molecule has 1 aliphatic carbocycles. The molecule has 1 unspecified atom stereocenters. The highest BCUT2D eigenvalue weighted by atomic mass is 79.9. The number of carbonyl (C=O) groups is 1. The molecule has 22 heavy (non-hydrogen) atoms. The van der Waals surface area contributed by atoms with E-state index in [-0.39, 0.29) is 11.8 Å². The Balaban J connectivity index is 1.55. The molecule has 1 amide bonds. The predicted molar refractivity (Wildman–Crippen MR) is 92.0 cm³/mol. The third-order valence-electron chi connectivity index (χ3n) is 4.32. The molecule has 1 heterocycles. The van der Waals surface area contributed by atoms with Gasteiger partial charge in [0.05, 0.1) is 5.69 Å². The number of rotatable bonds is 2. The van der Waals surface area contributed by atoms with Crippen LogP contribution in [0, 0.1) is 5.92 Å². The zero-order valence-corrected chi connectivity index (χ0v) is 13.5. The van der Waals surface area contributed by atoms with E-state index in [1.165, 1.54) is 11.1 Å². The number of H-pyrrole nitrogens is 1. The van der Waals surface area contributed by atoms with Gasteiger partial charge in [-0.3, -0.25) is 4.79 Å². The molecule has 0 spiro atoms. The lowest BCUT2D eigenvalue weighted by molar-refractivity contribution is -0.119. The van der Waals surface area contributed by atoms with Crippen LogP contribution in [-0.2, 0) is 17.6 Å². The van der Waals surface area contributed by atoms with Crippen LogP contribution in [0.2, 0.25) is 0 Å². The molecule has 2 N–H and O–H groups in total. The first-order valence-corrected chi connectivity index (χ1v) is 8.14. The maximum Gasteiger partial charge on any atom is 0.228 e. The van der Waals surface area contributed by atoms with Gasteiger partial charge in [0.25, 0.3) is 0 Å². The van der Waals surface area contributed by atoms with Gasteiger partial charge in [-0.25, -0.2) is 0 Å². The van der Waals surface area contributed by atoms with Crippen molar-refractivity contribution in [2.75, 3.05) is 5.32 Å². The van der Waals surface area contributed by atoms with E-state index in [1.54, 1.807) is 0 Å². The lowest BCUT2D eigenvalue weighted by Crippen LogP contribution is -2.23. The number of hydrogen-bond donors (Lipinski definition) is 2. The number of carbonyl (C=O) groups excluding carboxylic acids is 1. The number of anilines is 1. The zero-order chi connectivity index (χ0) is 15.1. The molecule has 3 aromatic rings. The van der Waals surface area contributed by atoms with Crippen LogP contribution in [0.15, 0.2) is 53.1 Å². The Kier molecular flexibility index (Phi) is 3.26. The summed E-state index contributed by atoms with van der Waals surface area (Å²) >= 11 is 3.49. The number of benzene rings is 2. The van der Waals surface area contributed by atoms with Crippen LogP contribution in [0.25, 0.3) is 10.9 Å². The standard InChI is InChI=1S/C18H15BrN2O/c19-14-5-4-11-8-13(9-12(11)10-14)18(22)21-17-3-1-2-16-15(17)6-7-20-16/h1-7,10,13,20H,8-9H2,(H,21,22). The minimum absolute atomic E-state index is 0.0125. The minimum Gasteiger partial charge on any atom is -0.361 e. The highest BCUT2D eigenvalue weighted by Crippen LogP contribution is 2.31. The summed E-state index contributed by atoms with van der Waals surface area (Å²) in [6.45, 7) is 0. The summed E-state index contributed by atoms with van der Waals surface area (Å²) < 4.78 is 1.07. The number of halogens is 1. The van der Waals surface area contributed by atoms with Crippen molar-refractivity contribution in [2.24, 2.45) is 5.92 Å². The highest BCUT2D eigenvalue weighted by Gasteiger charge is 2.27. The van der Waals surface area contributed by atoms with Gasteiger partial charge in [-0.1, -0.05) is 28.1 Å². The van der Waals surface area contributed by atoms with E-state index >= 15 is 0 Å². The van der Waals surface area contributed by atoms with Gasteiger partial charge in [-0.2, -0.15) is 0 Å². The van der Waals surface area contributed by atoms with Gasteiger partial charge in [-0.15, -0.1) is 0 Å². The first kappa shape index (κ1) is 13.6. The molecule has 3 nitrogen and oxygen atoms in total.